The number of carbonyl (C=O) groups is 2. The zero-order chi connectivity index (χ0) is 15.0. The van der Waals surface area contributed by atoms with Crippen LogP contribution in [-0.2, 0) is 10.7 Å². The van der Waals surface area contributed by atoms with E-state index in [1.807, 2.05) is 26.0 Å². The van der Waals surface area contributed by atoms with Gasteiger partial charge in [-0.3, -0.25) is 9.59 Å². The molecule has 0 unspecified atom stereocenters. The summed E-state index contributed by atoms with van der Waals surface area (Å²) in [5, 5.41) is 5.53. The number of carbonyl (C=O) groups excluding carboxylic acids is 2. The normalized spacial score (nSPS) is 10.4. The van der Waals surface area contributed by atoms with Gasteiger partial charge >= 0.3 is 0 Å². The quantitative estimate of drug-likeness (QED) is 0.759. The fourth-order valence-electron chi connectivity index (χ4n) is 1.54. The van der Waals surface area contributed by atoms with Crippen molar-refractivity contribution in [2.75, 3.05) is 13.1 Å². The number of benzene rings is 1. The minimum Gasteiger partial charge on any atom is -0.356 e. The maximum Gasteiger partial charge on any atom is 0.251 e. The van der Waals surface area contributed by atoms with Gasteiger partial charge in [0.1, 0.15) is 0 Å². The van der Waals surface area contributed by atoms with Gasteiger partial charge in [0.15, 0.2) is 0 Å². The summed E-state index contributed by atoms with van der Waals surface area (Å²) >= 11 is 5.68. The van der Waals surface area contributed by atoms with E-state index in [0.717, 1.165) is 5.56 Å². The van der Waals surface area contributed by atoms with Crippen LogP contribution in [0.15, 0.2) is 24.3 Å². The Hall–Kier alpha value is -1.55. The number of amides is 2. The summed E-state index contributed by atoms with van der Waals surface area (Å²) < 4.78 is 0. The van der Waals surface area contributed by atoms with E-state index >= 15 is 0 Å². The van der Waals surface area contributed by atoms with Crippen molar-refractivity contribution in [2.45, 2.75) is 26.1 Å². The van der Waals surface area contributed by atoms with Gasteiger partial charge < -0.3 is 10.6 Å². The first-order valence-corrected chi connectivity index (χ1v) is 7.26. The highest BCUT2D eigenvalue weighted by Crippen LogP contribution is 2.06. The van der Waals surface area contributed by atoms with Crippen LogP contribution in [-0.4, -0.2) is 24.9 Å². The second kappa shape index (κ2) is 8.59. The first-order chi connectivity index (χ1) is 9.52. The first-order valence-electron chi connectivity index (χ1n) is 6.72. The summed E-state index contributed by atoms with van der Waals surface area (Å²) in [7, 11) is 0. The van der Waals surface area contributed by atoms with E-state index in [1.165, 1.54) is 0 Å². The summed E-state index contributed by atoms with van der Waals surface area (Å²) in [5.74, 6) is 0.631. The van der Waals surface area contributed by atoms with Crippen LogP contribution < -0.4 is 10.6 Å². The summed E-state index contributed by atoms with van der Waals surface area (Å²) in [6, 6.07) is 7.09. The maximum absolute atomic E-state index is 11.8. The molecule has 2 amide bonds. The van der Waals surface area contributed by atoms with Crippen LogP contribution in [0.3, 0.4) is 0 Å². The van der Waals surface area contributed by atoms with Crippen molar-refractivity contribution in [3.05, 3.63) is 35.4 Å². The number of halogens is 1. The number of rotatable bonds is 7. The van der Waals surface area contributed by atoms with Gasteiger partial charge in [-0.15, -0.1) is 11.6 Å². The van der Waals surface area contributed by atoms with Gasteiger partial charge in [0.05, 0.1) is 0 Å². The van der Waals surface area contributed by atoms with Crippen molar-refractivity contribution < 1.29 is 9.59 Å². The van der Waals surface area contributed by atoms with Crippen molar-refractivity contribution in [2.24, 2.45) is 5.92 Å². The molecule has 0 spiro atoms. The molecule has 110 valence electrons. The Morgan fingerprint density at radius 1 is 1.15 bits per heavy atom. The molecule has 0 fully saturated rings. The predicted octanol–water partition coefficient (Wildman–Crippen LogP) is 2.32. The molecule has 0 radical (unpaired) electrons. The fourth-order valence-corrected chi connectivity index (χ4v) is 1.72. The lowest BCUT2D eigenvalue weighted by Gasteiger charge is -2.08. The van der Waals surface area contributed by atoms with E-state index in [1.54, 1.807) is 12.1 Å². The topological polar surface area (TPSA) is 58.2 Å². The summed E-state index contributed by atoms with van der Waals surface area (Å²) in [5.41, 5.74) is 1.54. The Morgan fingerprint density at radius 3 is 2.35 bits per heavy atom. The monoisotopic (exact) mass is 296 g/mol. The van der Waals surface area contributed by atoms with E-state index < -0.39 is 0 Å². The molecule has 0 saturated carbocycles. The van der Waals surface area contributed by atoms with Crippen molar-refractivity contribution in [3.63, 3.8) is 0 Å². The molecule has 0 aliphatic carbocycles. The second-order valence-corrected chi connectivity index (χ2v) is 5.30. The maximum atomic E-state index is 11.8. The lowest BCUT2D eigenvalue weighted by molar-refractivity contribution is -0.121. The van der Waals surface area contributed by atoms with E-state index in [9.17, 15) is 9.59 Å². The molecule has 20 heavy (non-hydrogen) atoms. The lowest BCUT2D eigenvalue weighted by atomic mass is 10.1. The van der Waals surface area contributed by atoms with Gasteiger partial charge in [-0.2, -0.15) is 0 Å². The fraction of sp³-hybridized carbons (Fsp3) is 0.467. The molecule has 0 aliphatic rings. The van der Waals surface area contributed by atoms with Gasteiger partial charge in [-0.25, -0.2) is 0 Å². The average molecular weight is 297 g/mol. The number of nitrogens with one attached hydrogen (secondary N) is 2. The summed E-state index contributed by atoms with van der Waals surface area (Å²) in [6.07, 6.45) is 0.290. The minimum absolute atomic E-state index is 0.0449. The smallest absolute Gasteiger partial charge is 0.251 e. The standard InChI is InChI=1S/C15H21ClN2O2/c1-11(2)10-18-14(19)7-8-17-15(20)13-5-3-12(9-16)4-6-13/h3-6,11H,7-10H2,1-2H3,(H,17,20)(H,18,19). The highest BCUT2D eigenvalue weighted by Gasteiger charge is 2.06. The molecule has 4 nitrogen and oxygen atoms in total. The molecule has 2 N–H and O–H groups in total. The Kier molecular flexibility index (Phi) is 7.09. The van der Waals surface area contributed by atoms with Gasteiger partial charge in [0, 0.05) is 31.0 Å². The molecule has 0 saturated heterocycles. The van der Waals surface area contributed by atoms with Gasteiger partial charge in [-0.1, -0.05) is 26.0 Å². The van der Waals surface area contributed by atoms with Crippen LogP contribution in [0.5, 0.6) is 0 Å². The molecule has 5 heteroatoms. The predicted molar refractivity (Wildman–Crippen MR) is 80.8 cm³/mol. The Labute approximate surface area is 124 Å². The Morgan fingerprint density at radius 2 is 1.80 bits per heavy atom. The van der Waals surface area contributed by atoms with Crippen molar-refractivity contribution >= 4 is 23.4 Å². The van der Waals surface area contributed by atoms with Crippen LogP contribution in [0.1, 0.15) is 36.2 Å². The first kappa shape index (κ1) is 16.5. The van der Waals surface area contributed by atoms with E-state index in [4.69, 9.17) is 11.6 Å². The molecule has 1 rings (SSSR count). The molecular weight excluding hydrogens is 276 g/mol. The molecule has 0 bridgehead atoms. The van der Waals surface area contributed by atoms with Gasteiger partial charge in [-0.05, 0) is 23.6 Å². The third-order valence-corrected chi connectivity index (χ3v) is 3.02. The molecule has 0 heterocycles. The van der Waals surface area contributed by atoms with E-state index in [0.29, 0.717) is 30.5 Å². The van der Waals surface area contributed by atoms with Crippen LogP contribution >= 0.6 is 11.6 Å². The molecule has 0 aromatic heterocycles. The number of alkyl halides is 1. The van der Waals surface area contributed by atoms with Crippen LogP contribution in [0.25, 0.3) is 0 Å². The third-order valence-electron chi connectivity index (χ3n) is 2.72. The summed E-state index contributed by atoms with van der Waals surface area (Å²) in [6.45, 7) is 5.06. The van der Waals surface area contributed by atoms with Crippen molar-refractivity contribution in [1.82, 2.24) is 10.6 Å². The minimum atomic E-state index is -0.178. The zero-order valence-corrected chi connectivity index (χ0v) is 12.7. The molecular formula is C15H21ClN2O2. The Bertz CT molecular complexity index is 444. The molecule has 0 atom stereocenters. The highest BCUT2D eigenvalue weighted by molar-refractivity contribution is 6.17. The summed E-state index contributed by atoms with van der Waals surface area (Å²) in [4.78, 5) is 23.3. The largest absolute Gasteiger partial charge is 0.356 e. The molecule has 1 aromatic rings. The number of hydrogen-bond donors (Lipinski definition) is 2. The molecule has 1 aromatic carbocycles. The zero-order valence-electron chi connectivity index (χ0n) is 11.9. The van der Waals surface area contributed by atoms with E-state index in [2.05, 4.69) is 10.6 Å². The number of hydrogen-bond acceptors (Lipinski definition) is 2. The highest BCUT2D eigenvalue weighted by atomic mass is 35.5. The van der Waals surface area contributed by atoms with Gasteiger partial charge in [0.25, 0.3) is 5.91 Å². The second-order valence-electron chi connectivity index (χ2n) is 5.03. The van der Waals surface area contributed by atoms with Gasteiger partial charge in [0.2, 0.25) is 5.91 Å². The van der Waals surface area contributed by atoms with Crippen molar-refractivity contribution in [1.29, 1.82) is 0 Å². The van der Waals surface area contributed by atoms with Crippen LogP contribution in [0.2, 0.25) is 0 Å². The third kappa shape index (κ3) is 6.06. The SMILES string of the molecule is CC(C)CNC(=O)CCNC(=O)c1ccc(CCl)cc1. The van der Waals surface area contributed by atoms with Crippen molar-refractivity contribution in [3.8, 4) is 0 Å². The lowest BCUT2D eigenvalue weighted by Crippen LogP contribution is -2.32. The van der Waals surface area contributed by atoms with Crippen LogP contribution in [0.4, 0.5) is 0 Å². The molecule has 0 aliphatic heterocycles. The van der Waals surface area contributed by atoms with Crippen LogP contribution in [0, 0.1) is 5.92 Å². The van der Waals surface area contributed by atoms with E-state index in [-0.39, 0.29) is 18.2 Å². The average Bonchev–Trinajstić information content (AvgIpc) is 2.45. The Balaban J connectivity index is 2.30.